The van der Waals surface area contributed by atoms with Gasteiger partial charge >= 0.3 is 0 Å². The zero-order valence-corrected chi connectivity index (χ0v) is 9.67. The van der Waals surface area contributed by atoms with Crippen LogP contribution in [0.15, 0.2) is 18.2 Å². The van der Waals surface area contributed by atoms with Crippen molar-refractivity contribution in [1.29, 1.82) is 0 Å². The molecule has 2 nitrogen and oxygen atoms in total. The fourth-order valence-electron chi connectivity index (χ4n) is 2.30. The molecule has 1 saturated heterocycles. The third-order valence-electron chi connectivity index (χ3n) is 3.34. The third-order valence-corrected chi connectivity index (χ3v) is 3.34. The highest BCUT2D eigenvalue weighted by Gasteiger charge is 2.29. The zero-order valence-electron chi connectivity index (χ0n) is 9.67. The molecule has 1 fully saturated rings. The highest BCUT2D eigenvalue weighted by Crippen LogP contribution is 2.20. The number of hydrogen-bond acceptors (Lipinski definition) is 2. The Morgan fingerprint density at radius 1 is 1.47 bits per heavy atom. The number of carbonyl (C=O) groups is 1. The maximum Gasteiger partial charge on any atom is 0.162 e. The van der Waals surface area contributed by atoms with Crippen molar-refractivity contribution in [2.45, 2.75) is 25.8 Å². The van der Waals surface area contributed by atoms with Gasteiger partial charge in [0.25, 0.3) is 0 Å². The molecule has 0 amide bonds. The standard InChI is InChI=1S/C13H15F2NO/c1-8-10(5-6-16-8)12(17)7-9-3-2-4-11(14)13(9)15/h2-4,8,10,16H,5-7H2,1H3. The Labute approximate surface area is 99.0 Å². The van der Waals surface area contributed by atoms with Crippen LogP contribution in [-0.2, 0) is 11.2 Å². The summed E-state index contributed by atoms with van der Waals surface area (Å²) in [5.41, 5.74) is 0.147. The summed E-state index contributed by atoms with van der Waals surface area (Å²) in [7, 11) is 0. The molecule has 0 saturated carbocycles. The average Bonchev–Trinajstić information content (AvgIpc) is 2.71. The van der Waals surface area contributed by atoms with E-state index in [1.807, 2.05) is 6.92 Å². The molecule has 92 valence electrons. The minimum absolute atomic E-state index is 0.0213. The van der Waals surface area contributed by atoms with Gasteiger partial charge in [-0.25, -0.2) is 8.78 Å². The van der Waals surface area contributed by atoms with Gasteiger partial charge in [0.15, 0.2) is 11.6 Å². The van der Waals surface area contributed by atoms with Crippen LogP contribution < -0.4 is 5.32 Å². The second-order valence-corrected chi connectivity index (χ2v) is 4.49. The first-order valence-electron chi connectivity index (χ1n) is 5.78. The second kappa shape index (κ2) is 4.92. The van der Waals surface area contributed by atoms with Gasteiger partial charge in [0.05, 0.1) is 0 Å². The predicted octanol–water partition coefficient (Wildman–Crippen LogP) is 2.07. The summed E-state index contributed by atoms with van der Waals surface area (Å²) >= 11 is 0. The molecule has 0 spiro atoms. The van der Waals surface area contributed by atoms with Crippen LogP contribution >= 0.6 is 0 Å². The molecule has 4 heteroatoms. The summed E-state index contributed by atoms with van der Waals surface area (Å²) in [5.74, 6) is -1.91. The van der Waals surface area contributed by atoms with Gasteiger partial charge in [0.1, 0.15) is 5.78 Å². The van der Waals surface area contributed by atoms with Crippen molar-refractivity contribution in [2.24, 2.45) is 5.92 Å². The molecule has 1 N–H and O–H groups in total. The smallest absolute Gasteiger partial charge is 0.162 e. The normalized spacial score (nSPS) is 23.9. The predicted molar refractivity (Wildman–Crippen MR) is 60.6 cm³/mol. The molecule has 1 aliphatic rings. The molecule has 0 aliphatic carbocycles. The maximum atomic E-state index is 13.4. The van der Waals surface area contributed by atoms with Crippen LogP contribution in [0.5, 0.6) is 0 Å². The van der Waals surface area contributed by atoms with Gasteiger partial charge in [-0.3, -0.25) is 4.79 Å². The summed E-state index contributed by atoms with van der Waals surface area (Å²) < 4.78 is 26.4. The lowest BCUT2D eigenvalue weighted by Gasteiger charge is -2.13. The first-order chi connectivity index (χ1) is 8.09. The summed E-state index contributed by atoms with van der Waals surface area (Å²) in [6, 6.07) is 4.07. The van der Waals surface area contributed by atoms with Crippen molar-refractivity contribution in [3.05, 3.63) is 35.4 Å². The van der Waals surface area contributed by atoms with E-state index in [2.05, 4.69) is 5.32 Å². The Bertz CT molecular complexity index is 433. The molecular formula is C13H15F2NO. The number of nitrogens with one attached hydrogen (secondary N) is 1. The van der Waals surface area contributed by atoms with Crippen LogP contribution in [0.1, 0.15) is 18.9 Å². The first kappa shape index (κ1) is 12.2. The summed E-state index contributed by atoms with van der Waals surface area (Å²) in [4.78, 5) is 12.0. The molecule has 17 heavy (non-hydrogen) atoms. The SMILES string of the molecule is CC1NCCC1C(=O)Cc1cccc(F)c1F. The number of carbonyl (C=O) groups excluding carboxylic acids is 1. The van der Waals surface area contributed by atoms with Crippen LogP contribution in [0.25, 0.3) is 0 Å². The van der Waals surface area contributed by atoms with Gasteiger partial charge in [0, 0.05) is 18.4 Å². The molecule has 1 aliphatic heterocycles. The fraction of sp³-hybridized carbons (Fsp3) is 0.462. The van der Waals surface area contributed by atoms with Crippen LogP contribution in [-0.4, -0.2) is 18.4 Å². The van der Waals surface area contributed by atoms with E-state index in [-0.39, 0.29) is 29.7 Å². The number of benzene rings is 1. The largest absolute Gasteiger partial charge is 0.314 e. The van der Waals surface area contributed by atoms with E-state index >= 15 is 0 Å². The summed E-state index contributed by atoms with van der Waals surface area (Å²) in [6.45, 7) is 2.75. The van der Waals surface area contributed by atoms with E-state index in [4.69, 9.17) is 0 Å². The third kappa shape index (κ3) is 2.52. The zero-order chi connectivity index (χ0) is 12.4. The van der Waals surface area contributed by atoms with Crippen LogP contribution in [0.4, 0.5) is 8.78 Å². The van der Waals surface area contributed by atoms with Crippen LogP contribution in [0.2, 0.25) is 0 Å². The van der Waals surface area contributed by atoms with Crippen molar-refractivity contribution < 1.29 is 13.6 Å². The Balaban J connectivity index is 2.10. The van der Waals surface area contributed by atoms with Crippen LogP contribution in [0.3, 0.4) is 0 Å². The molecule has 0 bridgehead atoms. The van der Waals surface area contributed by atoms with E-state index in [0.717, 1.165) is 19.0 Å². The molecular weight excluding hydrogens is 224 g/mol. The highest BCUT2D eigenvalue weighted by molar-refractivity contribution is 5.84. The van der Waals surface area contributed by atoms with Crippen molar-refractivity contribution in [3.63, 3.8) is 0 Å². The molecule has 2 rings (SSSR count). The lowest BCUT2D eigenvalue weighted by Crippen LogP contribution is -2.29. The van der Waals surface area contributed by atoms with E-state index in [1.54, 1.807) is 0 Å². The topological polar surface area (TPSA) is 29.1 Å². The number of halogens is 2. The van der Waals surface area contributed by atoms with Gasteiger partial charge in [-0.05, 0) is 31.5 Å². The molecule has 0 radical (unpaired) electrons. The number of hydrogen-bond donors (Lipinski definition) is 1. The van der Waals surface area contributed by atoms with E-state index in [0.29, 0.717) is 0 Å². The monoisotopic (exact) mass is 239 g/mol. The number of ketones is 1. The summed E-state index contributed by atoms with van der Waals surface area (Å²) in [5, 5.41) is 3.17. The fourth-order valence-corrected chi connectivity index (χ4v) is 2.30. The van der Waals surface area contributed by atoms with Crippen molar-refractivity contribution >= 4 is 5.78 Å². The molecule has 1 aromatic carbocycles. The van der Waals surface area contributed by atoms with Crippen molar-refractivity contribution in [2.75, 3.05) is 6.54 Å². The van der Waals surface area contributed by atoms with Gasteiger partial charge in [-0.15, -0.1) is 0 Å². The second-order valence-electron chi connectivity index (χ2n) is 4.49. The lowest BCUT2D eigenvalue weighted by atomic mass is 9.92. The van der Waals surface area contributed by atoms with Gasteiger partial charge < -0.3 is 5.32 Å². The van der Waals surface area contributed by atoms with Gasteiger partial charge in [0.2, 0.25) is 0 Å². The Kier molecular flexibility index (Phi) is 3.52. The average molecular weight is 239 g/mol. The first-order valence-corrected chi connectivity index (χ1v) is 5.78. The number of Topliss-reactive ketones (excluding diaryl/α,β-unsaturated/α-hetero) is 1. The van der Waals surface area contributed by atoms with E-state index in [9.17, 15) is 13.6 Å². The Hall–Kier alpha value is -1.29. The molecule has 1 aromatic rings. The van der Waals surface area contributed by atoms with Crippen LogP contribution in [0, 0.1) is 17.6 Å². The van der Waals surface area contributed by atoms with E-state index in [1.165, 1.54) is 12.1 Å². The minimum atomic E-state index is -0.903. The highest BCUT2D eigenvalue weighted by atomic mass is 19.2. The molecule has 2 unspecified atom stereocenters. The maximum absolute atomic E-state index is 13.4. The number of rotatable bonds is 3. The quantitative estimate of drug-likeness (QED) is 0.875. The van der Waals surface area contributed by atoms with Crippen molar-refractivity contribution in [3.8, 4) is 0 Å². The lowest BCUT2D eigenvalue weighted by molar-refractivity contribution is -0.122. The van der Waals surface area contributed by atoms with E-state index < -0.39 is 11.6 Å². The van der Waals surface area contributed by atoms with Gasteiger partial charge in [-0.1, -0.05) is 12.1 Å². The minimum Gasteiger partial charge on any atom is -0.314 e. The molecule has 0 aromatic heterocycles. The van der Waals surface area contributed by atoms with Gasteiger partial charge in [-0.2, -0.15) is 0 Å². The Morgan fingerprint density at radius 3 is 2.88 bits per heavy atom. The Morgan fingerprint density at radius 2 is 2.24 bits per heavy atom. The summed E-state index contributed by atoms with van der Waals surface area (Å²) in [6.07, 6.45) is 0.747. The molecule has 1 heterocycles. The van der Waals surface area contributed by atoms with Crippen molar-refractivity contribution in [1.82, 2.24) is 5.32 Å². The molecule has 2 atom stereocenters.